The highest BCUT2D eigenvalue weighted by atomic mass is 32.2. The molecule has 0 atom stereocenters. The van der Waals surface area contributed by atoms with Gasteiger partial charge in [0.1, 0.15) is 10.7 Å². The van der Waals surface area contributed by atoms with E-state index in [4.69, 9.17) is 0 Å². The first kappa shape index (κ1) is 18.4. The molecule has 1 aliphatic heterocycles. The van der Waals surface area contributed by atoms with E-state index in [2.05, 4.69) is 15.4 Å². The fourth-order valence-electron chi connectivity index (χ4n) is 3.99. The van der Waals surface area contributed by atoms with Crippen LogP contribution in [-0.2, 0) is 16.6 Å². The van der Waals surface area contributed by atoms with E-state index in [0.29, 0.717) is 31.5 Å². The third-order valence-electron chi connectivity index (χ3n) is 5.50. The molecule has 3 heterocycles. The van der Waals surface area contributed by atoms with Gasteiger partial charge in [-0.25, -0.2) is 13.4 Å². The quantitative estimate of drug-likeness (QED) is 0.821. The molecule has 2 aromatic rings. The van der Waals surface area contributed by atoms with Gasteiger partial charge in [-0.3, -0.25) is 4.68 Å². The van der Waals surface area contributed by atoms with Gasteiger partial charge in [0.2, 0.25) is 10.0 Å². The number of rotatable bonds is 6. The third-order valence-corrected chi connectivity index (χ3v) is 7.43. The largest absolute Gasteiger partial charge is 0.363 e. The minimum Gasteiger partial charge on any atom is -0.363 e. The fraction of sp³-hybridized carbons (Fsp3) is 0.579. The Hall–Kier alpha value is -1.93. The summed E-state index contributed by atoms with van der Waals surface area (Å²) < 4.78 is 29.7. The van der Waals surface area contributed by atoms with Crippen molar-refractivity contribution >= 4 is 15.8 Å². The van der Waals surface area contributed by atoms with Crippen molar-refractivity contribution in [2.75, 3.05) is 18.4 Å². The molecule has 0 amide bonds. The van der Waals surface area contributed by atoms with Crippen molar-refractivity contribution in [2.45, 2.75) is 62.4 Å². The topological polar surface area (TPSA) is 80.1 Å². The van der Waals surface area contributed by atoms with E-state index in [1.165, 1.54) is 25.7 Å². The normalized spacial score (nSPS) is 19.4. The van der Waals surface area contributed by atoms with Gasteiger partial charge in [0.25, 0.3) is 0 Å². The second-order valence-corrected chi connectivity index (χ2v) is 9.30. The summed E-state index contributed by atoms with van der Waals surface area (Å²) in [6, 6.07) is 5.81. The van der Waals surface area contributed by atoms with Crippen LogP contribution < -0.4 is 5.32 Å². The average Bonchev–Trinajstić information content (AvgIpc) is 3.39. The average molecular weight is 390 g/mol. The molecule has 2 aromatic heterocycles. The maximum absolute atomic E-state index is 13.0. The summed E-state index contributed by atoms with van der Waals surface area (Å²) in [6.45, 7) is 1.63. The van der Waals surface area contributed by atoms with E-state index < -0.39 is 10.0 Å². The maximum atomic E-state index is 13.0. The van der Waals surface area contributed by atoms with Gasteiger partial charge in [0, 0.05) is 25.5 Å². The van der Waals surface area contributed by atoms with Crippen LogP contribution in [0.3, 0.4) is 0 Å². The molecule has 0 unspecified atom stereocenters. The second-order valence-electron chi connectivity index (χ2n) is 7.39. The minimum absolute atomic E-state index is 0.252. The Morgan fingerprint density at radius 2 is 1.85 bits per heavy atom. The number of hydrogen-bond donors (Lipinski definition) is 1. The molecule has 0 spiro atoms. The standard InChI is InChI=1S/C19H27N5O2S/c25-27(26,23-12-4-1-5-13-23)18-9-6-11-20-19(18)21-15-16-10-14-24(22-16)17-7-2-3-8-17/h6,9-11,14,17H,1-5,7-8,12-13,15H2,(H,20,21). The second kappa shape index (κ2) is 7.98. The molecule has 0 bridgehead atoms. The Bertz CT molecular complexity index is 868. The number of pyridine rings is 1. The lowest BCUT2D eigenvalue weighted by atomic mass is 10.2. The van der Waals surface area contributed by atoms with Crippen LogP contribution in [0.25, 0.3) is 0 Å². The van der Waals surface area contributed by atoms with E-state index in [0.717, 1.165) is 25.0 Å². The van der Waals surface area contributed by atoms with Gasteiger partial charge in [-0.05, 0) is 43.9 Å². The number of nitrogens with zero attached hydrogens (tertiary/aromatic N) is 4. The monoisotopic (exact) mass is 389 g/mol. The highest BCUT2D eigenvalue weighted by Gasteiger charge is 2.28. The van der Waals surface area contributed by atoms with Crippen molar-refractivity contribution in [3.63, 3.8) is 0 Å². The number of sulfonamides is 1. The first-order valence-electron chi connectivity index (χ1n) is 9.88. The van der Waals surface area contributed by atoms with Crippen LogP contribution in [0.15, 0.2) is 35.5 Å². The van der Waals surface area contributed by atoms with Crippen molar-refractivity contribution in [1.29, 1.82) is 0 Å². The van der Waals surface area contributed by atoms with E-state index in [1.807, 2.05) is 16.9 Å². The van der Waals surface area contributed by atoms with E-state index in [1.54, 1.807) is 22.6 Å². The minimum atomic E-state index is -3.52. The number of anilines is 1. The summed E-state index contributed by atoms with van der Waals surface area (Å²) in [5.74, 6) is 0.401. The molecular formula is C19H27N5O2S. The highest BCUT2D eigenvalue weighted by Crippen LogP contribution is 2.29. The molecule has 0 radical (unpaired) electrons. The number of hydrogen-bond acceptors (Lipinski definition) is 5. The van der Waals surface area contributed by atoms with Gasteiger partial charge in [-0.15, -0.1) is 0 Å². The third kappa shape index (κ3) is 4.01. The van der Waals surface area contributed by atoms with Crippen molar-refractivity contribution in [3.05, 3.63) is 36.3 Å². The Balaban J connectivity index is 1.48. The maximum Gasteiger partial charge on any atom is 0.246 e. The number of piperidine rings is 1. The number of aromatic nitrogens is 3. The molecule has 2 aliphatic rings. The molecular weight excluding hydrogens is 362 g/mol. The van der Waals surface area contributed by atoms with E-state index in [-0.39, 0.29) is 4.90 Å². The Morgan fingerprint density at radius 3 is 2.63 bits per heavy atom. The summed E-state index contributed by atoms with van der Waals surface area (Å²) in [7, 11) is -3.52. The highest BCUT2D eigenvalue weighted by molar-refractivity contribution is 7.89. The lowest BCUT2D eigenvalue weighted by molar-refractivity contribution is 0.346. The van der Waals surface area contributed by atoms with Crippen LogP contribution in [0.4, 0.5) is 5.82 Å². The zero-order valence-electron chi connectivity index (χ0n) is 15.5. The molecule has 2 fully saturated rings. The Kier molecular flexibility index (Phi) is 5.45. The van der Waals surface area contributed by atoms with Crippen molar-refractivity contribution in [2.24, 2.45) is 0 Å². The van der Waals surface area contributed by atoms with Crippen LogP contribution in [0.1, 0.15) is 56.7 Å². The summed E-state index contributed by atoms with van der Waals surface area (Å²) in [5.41, 5.74) is 0.897. The molecule has 146 valence electrons. The molecule has 1 aliphatic carbocycles. The molecule has 1 saturated carbocycles. The summed E-state index contributed by atoms with van der Waals surface area (Å²) in [5, 5.41) is 7.84. The van der Waals surface area contributed by atoms with Gasteiger partial charge < -0.3 is 5.32 Å². The van der Waals surface area contributed by atoms with Crippen LogP contribution >= 0.6 is 0 Å². The van der Waals surface area contributed by atoms with Crippen LogP contribution in [-0.4, -0.2) is 40.6 Å². The predicted molar refractivity (Wildman–Crippen MR) is 104 cm³/mol. The molecule has 1 N–H and O–H groups in total. The van der Waals surface area contributed by atoms with Crippen LogP contribution in [0.2, 0.25) is 0 Å². The van der Waals surface area contributed by atoms with Crippen molar-refractivity contribution in [3.8, 4) is 0 Å². The van der Waals surface area contributed by atoms with Gasteiger partial charge in [-0.1, -0.05) is 19.3 Å². The van der Waals surface area contributed by atoms with Crippen LogP contribution in [0, 0.1) is 0 Å². The predicted octanol–water partition coefficient (Wildman–Crippen LogP) is 3.18. The number of nitrogens with one attached hydrogen (secondary N) is 1. The molecule has 7 nitrogen and oxygen atoms in total. The zero-order chi connectivity index (χ0) is 18.7. The molecule has 4 rings (SSSR count). The smallest absolute Gasteiger partial charge is 0.246 e. The summed E-state index contributed by atoms with van der Waals surface area (Å²) in [6.07, 6.45) is 11.5. The van der Waals surface area contributed by atoms with Crippen molar-refractivity contribution < 1.29 is 8.42 Å². The van der Waals surface area contributed by atoms with Gasteiger partial charge in [0.15, 0.2) is 0 Å². The van der Waals surface area contributed by atoms with Gasteiger partial charge in [0.05, 0.1) is 18.3 Å². The van der Waals surface area contributed by atoms with Gasteiger partial charge in [-0.2, -0.15) is 9.40 Å². The molecule has 27 heavy (non-hydrogen) atoms. The molecule has 8 heteroatoms. The SMILES string of the molecule is O=S(=O)(c1cccnc1NCc1ccn(C2CCCC2)n1)N1CCCCC1. The Labute approximate surface area is 160 Å². The zero-order valence-corrected chi connectivity index (χ0v) is 16.4. The first-order chi connectivity index (χ1) is 13.1. The summed E-state index contributed by atoms with van der Waals surface area (Å²) >= 11 is 0. The molecule has 1 saturated heterocycles. The Morgan fingerprint density at radius 1 is 1.07 bits per heavy atom. The van der Waals surface area contributed by atoms with Gasteiger partial charge >= 0.3 is 0 Å². The first-order valence-corrected chi connectivity index (χ1v) is 11.3. The molecule has 0 aromatic carbocycles. The van der Waals surface area contributed by atoms with E-state index >= 15 is 0 Å². The fourth-order valence-corrected chi connectivity index (χ4v) is 5.63. The lowest BCUT2D eigenvalue weighted by Crippen LogP contribution is -2.36. The van der Waals surface area contributed by atoms with Crippen molar-refractivity contribution in [1.82, 2.24) is 19.1 Å². The van der Waals surface area contributed by atoms with E-state index in [9.17, 15) is 8.42 Å². The lowest BCUT2D eigenvalue weighted by Gasteiger charge is -2.26. The summed E-state index contributed by atoms with van der Waals surface area (Å²) in [4.78, 5) is 4.54. The van der Waals surface area contributed by atoms with Crippen LogP contribution in [0.5, 0.6) is 0 Å².